The lowest BCUT2D eigenvalue weighted by Gasteiger charge is -2.23. The molecular formula is C26H30FN7O4S. The molecule has 0 unspecified atom stereocenters. The summed E-state index contributed by atoms with van der Waals surface area (Å²) in [5.41, 5.74) is 2.82. The number of thiol groups is 1. The number of fused-ring (bicyclic) bond motifs is 1. The summed E-state index contributed by atoms with van der Waals surface area (Å²) >= 11 is 4.16. The number of pyridine rings is 1. The van der Waals surface area contributed by atoms with Gasteiger partial charge in [-0.3, -0.25) is 14.5 Å². The first-order valence-electron chi connectivity index (χ1n) is 12.2. The molecule has 0 radical (unpaired) electrons. The fraction of sp³-hybridized carbons (Fsp3) is 0.346. The van der Waals surface area contributed by atoms with E-state index >= 15 is 4.39 Å². The van der Waals surface area contributed by atoms with E-state index in [0.29, 0.717) is 33.8 Å². The lowest BCUT2D eigenvalue weighted by atomic mass is 10.2. The van der Waals surface area contributed by atoms with Crippen molar-refractivity contribution in [3.8, 4) is 22.8 Å². The summed E-state index contributed by atoms with van der Waals surface area (Å²) in [6.07, 6.45) is 5.40. The van der Waals surface area contributed by atoms with Crippen molar-refractivity contribution < 1.29 is 23.8 Å². The number of hydrogen-bond donors (Lipinski definition) is 2. The van der Waals surface area contributed by atoms with Crippen LogP contribution in [0.4, 0.5) is 10.1 Å². The Balaban J connectivity index is 1.90. The molecule has 206 valence electrons. The van der Waals surface area contributed by atoms with E-state index in [1.807, 2.05) is 13.2 Å². The van der Waals surface area contributed by atoms with Crippen LogP contribution in [0, 0.1) is 5.82 Å². The zero-order valence-corrected chi connectivity index (χ0v) is 22.8. The molecule has 39 heavy (non-hydrogen) atoms. The Bertz CT molecular complexity index is 1540. The molecule has 4 rings (SSSR count). The van der Waals surface area contributed by atoms with Crippen molar-refractivity contribution in [2.75, 3.05) is 39.7 Å². The largest absolute Gasteiger partial charge is 0.497 e. The molecule has 3 heterocycles. The molecule has 11 nitrogen and oxygen atoms in total. The van der Waals surface area contributed by atoms with Crippen LogP contribution in [-0.2, 0) is 18.4 Å². The molecule has 0 aliphatic carbocycles. The molecule has 1 amide bonds. The van der Waals surface area contributed by atoms with Crippen molar-refractivity contribution in [1.82, 2.24) is 29.2 Å². The Morgan fingerprint density at radius 2 is 2.03 bits per heavy atom. The lowest BCUT2D eigenvalue weighted by molar-refractivity contribution is -0.131. The third kappa shape index (κ3) is 6.37. The average molecular weight is 556 g/mol. The van der Waals surface area contributed by atoms with Gasteiger partial charge in [0.2, 0.25) is 5.91 Å². The normalized spacial score (nSPS) is 11.7. The van der Waals surface area contributed by atoms with Crippen molar-refractivity contribution in [3.05, 3.63) is 54.2 Å². The summed E-state index contributed by atoms with van der Waals surface area (Å²) in [7, 11) is 4.65. The second kappa shape index (κ2) is 12.7. The second-order valence-corrected chi connectivity index (χ2v) is 9.01. The van der Waals surface area contributed by atoms with Gasteiger partial charge in [0.15, 0.2) is 17.2 Å². The molecular weight excluding hydrogens is 525 g/mol. The minimum atomic E-state index is -0.647. The molecule has 1 N–H and O–H groups in total. The molecule has 0 fully saturated rings. The van der Waals surface area contributed by atoms with Gasteiger partial charge in [-0.1, -0.05) is 0 Å². The van der Waals surface area contributed by atoms with E-state index in [-0.39, 0.29) is 50.0 Å². The zero-order valence-electron chi connectivity index (χ0n) is 21.9. The van der Waals surface area contributed by atoms with Gasteiger partial charge in [0.25, 0.3) is 0 Å². The first-order valence-corrected chi connectivity index (χ1v) is 12.8. The predicted octanol–water partition coefficient (Wildman–Crippen LogP) is 2.36. The third-order valence-corrected chi connectivity index (χ3v) is 6.25. The van der Waals surface area contributed by atoms with E-state index in [1.54, 1.807) is 38.7 Å². The fourth-order valence-electron chi connectivity index (χ4n) is 4.05. The molecule has 3 aromatic heterocycles. The van der Waals surface area contributed by atoms with E-state index in [9.17, 15) is 9.90 Å². The number of rotatable bonds is 11. The van der Waals surface area contributed by atoms with Crippen molar-refractivity contribution >= 4 is 35.4 Å². The first-order chi connectivity index (χ1) is 18.9. The highest BCUT2D eigenvalue weighted by molar-refractivity contribution is 7.80. The molecule has 0 bridgehead atoms. The number of ether oxygens (including phenoxy) is 2. The van der Waals surface area contributed by atoms with Crippen molar-refractivity contribution in [2.24, 2.45) is 12.0 Å². The SMILES string of the molecule is COc1cc(/N=c2\ccc3ncc(-c4cnn(C)c4)nc3n2CCN(CCO)C(=O)CCS)c(F)c(OC)c1. The number of nitrogens with zero attached hydrogens (tertiary/aromatic N) is 7. The summed E-state index contributed by atoms with van der Waals surface area (Å²) < 4.78 is 29.1. The van der Waals surface area contributed by atoms with E-state index in [4.69, 9.17) is 14.5 Å². The number of amides is 1. The summed E-state index contributed by atoms with van der Waals surface area (Å²) in [4.78, 5) is 28.2. The highest BCUT2D eigenvalue weighted by atomic mass is 32.1. The van der Waals surface area contributed by atoms with E-state index in [1.165, 1.54) is 26.4 Å². The first kappa shape index (κ1) is 28.0. The third-order valence-electron chi connectivity index (χ3n) is 6.03. The van der Waals surface area contributed by atoms with Crippen molar-refractivity contribution in [3.63, 3.8) is 0 Å². The van der Waals surface area contributed by atoms with Crippen LogP contribution < -0.4 is 15.0 Å². The lowest BCUT2D eigenvalue weighted by Crippen LogP contribution is -2.38. The van der Waals surface area contributed by atoms with Crippen molar-refractivity contribution in [1.29, 1.82) is 0 Å². The maximum atomic E-state index is 15.2. The monoisotopic (exact) mass is 555 g/mol. The number of carbonyl (C=O) groups is 1. The van der Waals surface area contributed by atoms with Gasteiger partial charge in [0.1, 0.15) is 22.4 Å². The highest BCUT2D eigenvalue weighted by Gasteiger charge is 2.16. The molecule has 1 aromatic carbocycles. The Labute approximate surface area is 230 Å². The number of aliphatic hydroxyl groups excluding tert-OH is 1. The van der Waals surface area contributed by atoms with Crippen LogP contribution in [0.5, 0.6) is 11.5 Å². The van der Waals surface area contributed by atoms with Crippen LogP contribution in [0.15, 0.2) is 47.8 Å². The maximum absolute atomic E-state index is 15.2. The Morgan fingerprint density at radius 1 is 1.21 bits per heavy atom. The average Bonchev–Trinajstić information content (AvgIpc) is 3.38. The van der Waals surface area contributed by atoms with Crippen LogP contribution in [0.1, 0.15) is 6.42 Å². The van der Waals surface area contributed by atoms with Crippen LogP contribution in [-0.4, -0.2) is 79.9 Å². The van der Waals surface area contributed by atoms with Gasteiger partial charge in [-0.15, -0.1) is 0 Å². The smallest absolute Gasteiger partial charge is 0.223 e. The molecule has 0 aliphatic heterocycles. The summed E-state index contributed by atoms with van der Waals surface area (Å²) in [6, 6.07) is 6.36. The van der Waals surface area contributed by atoms with Gasteiger partial charge < -0.3 is 24.0 Å². The van der Waals surface area contributed by atoms with Crippen LogP contribution in [0.3, 0.4) is 0 Å². The minimum Gasteiger partial charge on any atom is -0.497 e. The Hall–Kier alpha value is -3.97. The van der Waals surface area contributed by atoms with Crippen molar-refractivity contribution in [2.45, 2.75) is 13.0 Å². The highest BCUT2D eigenvalue weighted by Crippen LogP contribution is 2.32. The van der Waals surface area contributed by atoms with E-state index < -0.39 is 5.82 Å². The number of carbonyl (C=O) groups excluding carboxylic acids is 1. The fourth-order valence-corrected chi connectivity index (χ4v) is 4.24. The number of methoxy groups -OCH3 is 2. The summed E-state index contributed by atoms with van der Waals surface area (Å²) in [6.45, 7) is 0.485. The number of aliphatic hydroxyl groups is 1. The molecule has 13 heteroatoms. The van der Waals surface area contributed by atoms with Crippen LogP contribution in [0.2, 0.25) is 0 Å². The molecule has 4 aromatic rings. The Morgan fingerprint density at radius 3 is 2.69 bits per heavy atom. The van der Waals surface area contributed by atoms with E-state index in [0.717, 1.165) is 5.56 Å². The minimum absolute atomic E-state index is 0.00837. The van der Waals surface area contributed by atoms with Gasteiger partial charge in [-0.05, 0) is 17.9 Å². The topological polar surface area (TPSA) is 120 Å². The molecule has 0 atom stereocenters. The van der Waals surface area contributed by atoms with Gasteiger partial charge in [0, 0.05) is 57.0 Å². The van der Waals surface area contributed by atoms with Crippen LogP contribution in [0.25, 0.3) is 22.4 Å². The van der Waals surface area contributed by atoms with Gasteiger partial charge in [-0.2, -0.15) is 17.7 Å². The van der Waals surface area contributed by atoms with Crippen LogP contribution >= 0.6 is 12.6 Å². The molecule has 0 spiro atoms. The van der Waals surface area contributed by atoms with Gasteiger partial charge in [-0.25, -0.2) is 14.4 Å². The van der Waals surface area contributed by atoms with Gasteiger partial charge in [0.05, 0.1) is 38.9 Å². The molecule has 0 aliphatic rings. The Kier molecular flexibility index (Phi) is 9.15. The molecule has 0 saturated heterocycles. The number of aryl methyl sites for hydroxylation is 1. The summed E-state index contributed by atoms with van der Waals surface area (Å²) in [5, 5.41) is 13.7. The standard InChI is InChI=1S/C26H30FN7O4S/c1-32-16-17(14-29-32)21-15-28-19-4-5-23(30-20-12-18(37-2)13-22(38-3)25(20)27)34(26(19)31-21)8-7-33(9-10-35)24(36)6-11-39/h4-5,12-16,35,39H,6-11H2,1-3H3/b30-23+. The zero-order chi connectivity index (χ0) is 27.9. The van der Waals surface area contributed by atoms with Gasteiger partial charge >= 0.3 is 0 Å². The second-order valence-electron chi connectivity index (χ2n) is 8.56. The quantitative estimate of drug-likeness (QED) is 0.273. The number of aromatic nitrogens is 5. The predicted molar refractivity (Wildman–Crippen MR) is 147 cm³/mol. The molecule has 0 saturated carbocycles. The summed E-state index contributed by atoms with van der Waals surface area (Å²) in [5.74, 6) is -0.0234. The number of hydrogen-bond acceptors (Lipinski definition) is 9. The maximum Gasteiger partial charge on any atom is 0.223 e. The number of benzene rings is 1. The van der Waals surface area contributed by atoms with E-state index in [2.05, 4.69) is 27.7 Å². The number of halogens is 1.